The summed E-state index contributed by atoms with van der Waals surface area (Å²) in [7, 11) is 0. The molecule has 0 N–H and O–H groups in total. The second-order valence-electron chi connectivity index (χ2n) is 8.02. The molecule has 4 rings (SSSR count). The summed E-state index contributed by atoms with van der Waals surface area (Å²) in [6.07, 6.45) is -2.53. The molecule has 2 aromatic heterocycles. The molecule has 1 aliphatic heterocycles. The molecule has 9 heteroatoms. The van der Waals surface area contributed by atoms with Gasteiger partial charge >= 0.3 is 6.18 Å². The van der Waals surface area contributed by atoms with E-state index in [1.807, 2.05) is 20.8 Å². The highest BCUT2D eigenvalue weighted by Crippen LogP contribution is 2.45. The fourth-order valence-corrected chi connectivity index (χ4v) is 4.56. The minimum absolute atomic E-state index is 0.00898. The molecule has 1 saturated carbocycles. The van der Waals surface area contributed by atoms with E-state index in [1.54, 1.807) is 17.0 Å². The lowest BCUT2D eigenvalue weighted by Crippen LogP contribution is -2.51. The Bertz CT molecular complexity index is 965. The molecule has 1 saturated heterocycles. The number of halogens is 3. The lowest BCUT2D eigenvalue weighted by molar-refractivity contribution is -0.137. The van der Waals surface area contributed by atoms with Gasteiger partial charge in [-0.1, -0.05) is 0 Å². The van der Waals surface area contributed by atoms with Crippen LogP contribution in [-0.2, 0) is 6.18 Å². The smallest absolute Gasteiger partial charge is 0.417 e. The quantitative estimate of drug-likeness (QED) is 0.702. The maximum absolute atomic E-state index is 13.4. The Balaban J connectivity index is 1.54. The zero-order chi connectivity index (χ0) is 22.3. The summed E-state index contributed by atoms with van der Waals surface area (Å²) in [5.41, 5.74) is 0.158. The van der Waals surface area contributed by atoms with Crippen molar-refractivity contribution < 1.29 is 27.4 Å². The monoisotopic (exact) mass is 435 g/mol. The van der Waals surface area contributed by atoms with Gasteiger partial charge in [0.1, 0.15) is 6.10 Å². The van der Waals surface area contributed by atoms with E-state index in [2.05, 4.69) is 9.97 Å². The minimum Gasteiger partial charge on any atom is -0.491 e. The van der Waals surface area contributed by atoms with E-state index in [9.17, 15) is 18.0 Å². The van der Waals surface area contributed by atoms with Crippen LogP contribution in [0.15, 0.2) is 30.5 Å². The van der Waals surface area contributed by atoms with E-state index < -0.39 is 11.7 Å². The number of hydrogen-bond acceptors (Lipinski definition) is 5. The number of carbonyl (C=O) groups excluding carboxylic acids is 1. The average Bonchev–Trinajstić information content (AvgIpc) is 3.26. The first kappa shape index (κ1) is 21.4. The summed E-state index contributed by atoms with van der Waals surface area (Å²) in [5, 5.41) is 0. The molecule has 1 aliphatic carbocycles. The Morgan fingerprint density at radius 2 is 2.00 bits per heavy atom. The first-order chi connectivity index (χ1) is 14.7. The number of hydrogen-bond donors (Lipinski definition) is 0. The van der Waals surface area contributed by atoms with Crippen molar-refractivity contribution in [1.29, 1.82) is 0 Å². The van der Waals surface area contributed by atoms with Gasteiger partial charge in [-0.05, 0) is 57.7 Å². The van der Waals surface area contributed by atoms with Gasteiger partial charge < -0.3 is 14.4 Å². The predicted molar refractivity (Wildman–Crippen MR) is 106 cm³/mol. The largest absolute Gasteiger partial charge is 0.491 e. The van der Waals surface area contributed by atoms with Crippen LogP contribution >= 0.6 is 0 Å². The topological polar surface area (TPSA) is 64.5 Å². The predicted octanol–water partition coefficient (Wildman–Crippen LogP) is 4.27. The van der Waals surface area contributed by atoms with Crippen LogP contribution in [0.3, 0.4) is 0 Å². The van der Waals surface area contributed by atoms with Crippen LogP contribution in [0.1, 0.15) is 48.4 Å². The molecule has 0 spiro atoms. The Kier molecular flexibility index (Phi) is 5.53. The van der Waals surface area contributed by atoms with Crippen molar-refractivity contribution >= 4 is 5.91 Å². The van der Waals surface area contributed by atoms with E-state index in [4.69, 9.17) is 9.47 Å². The van der Waals surface area contributed by atoms with Crippen molar-refractivity contribution in [1.82, 2.24) is 14.9 Å². The molecule has 3 heterocycles. The van der Waals surface area contributed by atoms with E-state index in [0.29, 0.717) is 18.1 Å². The third kappa shape index (κ3) is 4.05. The summed E-state index contributed by atoms with van der Waals surface area (Å²) < 4.78 is 49.8. The molecule has 6 nitrogen and oxygen atoms in total. The van der Waals surface area contributed by atoms with Gasteiger partial charge in [0, 0.05) is 24.0 Å². The lowest BCUT2D eigenvalue weighted by atomic mass is 9.98. The number of amides is 1. The van der Waals surface area contributed by atoms with Crippen LogP contribution < -0.4 is 9.47 Å². The van der Waals surface area contributed by atoms with Crippen molar-refractivity contribution in [2.45, 2.75) is 58.0 Å². The number of aryl methyl sites for hydroxylation is 1. The van der Waals surface area contributed by atoms with Gasteiger partial charge in [0.2, 0.25) is 5.88 Å². The molecule has 4 atom stereocenters. The summed E-state index contributed by atoms with van der Waals surface area (Å²) >= 11 is 0. The highest BCUT2D eigenvalue weighted by Gasteiger charge is 2.53. The molecule has 1 amide bonds. The van der Waals surface area contributed by atoms with Crippen molar-refractivity contribution in [3.05, 3.63) is 47.4 Å². The number of piperidine rings is 1. The highest BCUT2D eigenvalue weighted by molar-refractivity contribution is 5.95. The third-order valence-electron chi connectivity index (χ3n) is 6.06. The van der Waals surface area contributed by atoms with Gasteiger partial charge in [-0.25, -0.2) is 9.97 Å². The fourth-order valence-electron chi connectivity index (χ4n) is 4.56. The standard InChI is InChI=1S/C22H24F3N3O3/c1-4-30-17-7-5-12(2)27-20(17)21(29)28-13(3)14-9-16(28)18(10-14)31-19-8-6-15(11-26-19)22(23,24)25/h5-8,11,13-14,16,18H,4,9-10H2,1-3H3/t13?,14?,16-,18+/m0/s1. The van der Waals surface area contributed by atoms with Gasteiger partial charge in [-0.15, -0.1) is 0 Å². The van der Waals surface area contributed by atoms with Gasteiger partial charge in [0.25, 0.3) is 5.91 Å². The highest BCUT2D eigenvalue weighted by atomic mass is 19.4. The Morgan fingerprint density at radius 3 is 2.61 bits per heavy atom. The van der Waals surface area contributed by atoms with Gasteiger partial charge in [0.15, 0.2) is 11.4 Å². The van der Waals surface area contributed by atoms with Gasteiger partial charge in [-0.2, -0.15) is 13.2 Å². The minimum atomic E-state index is -4.45. The number of ether oxygens (including phenoxy) is 2. The maximum Gasteiger partial charge on any atom is 0.417 e. The zero-order valence-corrected chi connectivity index (χ0v) is 17.5. The van der Waals surface area contributed by atoms with Gasteiger partial charge in [0.05, 0.1) is 18.2 Å². The number of alkyl halides is 3. The van der Waals surface area contributed by atoms with Crippen LogP contribution in [0.25, 0.3) is 0 Å². The van der Waals surface area contributed by atoms with Crippen LogP contribution in [-0.4, -0.2) is 45.6 Å². The first-order valence-electron chi connectivity index (χ1n) is 10.3. The molecule has 2 unspecified atom stereocenters. The number of likely N-dealkylation sites (tertiary alicyclic amines) is 1. The second-order valence-corrected chi connectivity index (χ2v) is 8.02. The Labute approximate surface area is 178 Å². The molecular formula is C22H24F3N3O3. The van der Waals surface area contributed by atoms with E-state index in [-0.39, 0.29) is 41.6 Å². The third-order valence-corrected chi connectivity index (χ3v) is 6.06. The SMILES string of the molecule is CCOc1ccc(C)nc1C(=O)N1C(C)C2C[C@@H](Oc3ccc(C(F)(F)F)cn3)[C@@H]1C2. The molecule has 2 aliphatic rings. The van der Waals surface area contributed by atoms with Crippen molar-refractivity contribution in [2.75, 3.05) is 6.61 Å². The number of rotatable bonds is 5. The molecule has 0 aromatic carbocycles. The summed E-state index contributed by atoms with van der Waals surface area (Å²) in [4.78, 5) is 23.5. The maximum atomic E-state index is 13.4. The molecule has 0 radical (unpaired) electrons. The fraction of sp³-hybridized carbons (Fsp3) is 0.500. The van der Waals surface area contributed by atoms with E-state index in [0.717, 1.165) is 25.1 Å². The lowest BCUT2D eigenvalue weighted by Gasteiger charge is -2.37. The molecule has 31 heavy (non-hydrogen) atoms. The van der Waals surface area contributed by atoms with Crippen molar-refractivity contribution in [3.63, 3.8) is 0 Å². The van der Waals surface area contributed by atoms with Crippen LogP contribution in [0.4, 0.5) is 13.2 Å². The van der Waals surface area contributed by atoms with Crippen LogP contribution in [0.5, 0.6) is 11.6 Å². The zero-order valence-electron chi connectivity index (χ0n) is 17.5. The number of aromatic nitrogens is 2. The molecule has 2 fully saturated rings. The summed E-state index contributed by atoms with van der Waals surface area (Å²) in [6, 6.07) is 5.52. The Hall–Kier alpha value is -2.84. The number of carbonyl (C=O) groups is 1. The summed E-state index contributed by atoms with van der Waals surface area (Å²) in [6.45, 7) is 6.08. The molecular weight excluding hydrogens is 411 g/mol. The molecule has 2 aromatic rings. The van der Waals surface area contributed by atoms with Gasteiger partial charge in [-0.3, -0.25) is 4.79 Å². The number of nitrogens with zero attached hydrogens (tertiary/aromatic N) is 3. The first-order valence-corrected chi connectivity index (χ1v) is 10.3. The number of fused-ring (bicyclic) bond motifs is 2. The molecule has 166 valence electrons. The Morgan fingerprint density at radius 1 is 1.23 bits per heavy atom. The average molecular weight is 435 g/mol. The van der Waals surface area contributed by atoms with Crippen LogP contribution in [0.2, 0.25) is 0 Å². The van der Waals surface area contributed by atoms with Crippen molar-refractivity contribution in [2.24, 2.45) is 5.92 Å². The van der Waals surface area contributed by atoms with E-state index in [1.165, 1.54) is 6.07 Å². The number of pyridine rings is 2. The van der Waals surface area contributed by atoms with Crippen LogP contribution in [0, 0.1) is 12.8 Å². The van der Waals surface area contributed by atoms with E-state index >= 15 is 0 Å². The summed E-state index contributed by atoms with van der Waals surface area (Å²) in [5.74, 6) is 0.582. The second kappa shape index (κ2) is 8.01. The molecule has 2 bridgehead atoms. The van der Waals surface area contributed by atoms with Crippen molar-refractivity contribution in [3.8, 4) is 11.6 Å². The normalized spacial score (nSPS) is 25.0.